The Hall–Kier alpha value is -5.45. The van der Waals surface area contributed by atoms with E-state index in [4.69, 9.17) is 36.3 Å². The maximum atomic E-state index is 17.1. The van der Waals surface area contributed by atoms with Gasteiger partial charge in [-0.25, -0.2) is 24.3 Å². The number of carbonyl (C=O) groups is 1. The minimum atomic E-state index is -0.939. The van der Waals surface area contributed by atoms with E-state index >= 15 is 4.39 Å². The van der Waals surface area contributed by atoms with Gasteiger partial charge in [0.25, 0.3) is 0 Å². The number of esters is 1. The number of halogens is 2. The van der Waals surface area contributed by atoms with Gasteiger partial charge in [-0.2, -0.15) is 0 Å². The van der Waals surface area contributed by atoms with E-state index < -0.39 is 17.3 Å². The van der Waals surface area contributed by atoms with Crippen molar-refractivity contribution in [2.75, 3.05) is 11.9 Å². The lowest BCUT2D eigenvalue weighted by molar-refractivity contribution is -0.155. The Labute approximate surface area is 359 Å². The molecule has 8 nitrogen and oxygen atoms in total. The van der Waals surface area contributed by atoms with Crippen LogP contribution in [0.15, 0.2) is 121 Å². The van der Waals surface area contributed by atoms with Gasteiger partial charge in [-0.15, -0.1) is 11.3 Å². The standard InChI is InChI=1S/C49H48ClFN6O2S/c1-2-3-4-5-15-28-59-48(58)40-32-24-26-33(27-25-32)42(40)54-46-41(51)44(38-23-16-29-60-38)55-45(56-46)37-31-57(47-43(37)53-39(50)30-52-47)49(34-17-9-6-10-18-34,35-19-11-7-12-20-35)36-21-13-8-14-22-36/h6-14,16-23,29-33,40,42H,2-5,15,24-28H2,1H3,(H,54,55,56)/t32?,33?,40-,42-/m0/s1. The van der Waals surface area contributed by atoms with Crippen molar-refractivity contribution in [3.8, 4) is 22.0 Å². The van der Waals surface area contributed by atoms with Crippen LogP contribution in [0, 0.1) is 23.6 Å². The van der Waals surface area contributed by atoms with E-state index in [-0.39, 0.29) is 46.3 Å². The fraction of sp³-hybridized carbons (Fsp3) is 0.327. The number of rotatable bonds is 15. The Morgan fingerprint density at radius 3 is 2.08 bits per heavy atom. The molecule has 1 N–H and O–H groups in total. The predicted octanol–water partition coefficient (Wildman–Crippen LogP) is 12.0. The highest BCUT2D eigenvalue weighted by Gasteiger charge is 2.48. The van der Waals surface area contributed by atoms with Gasteiger partial charge in [0, 0.05) is 12.2 Å². The summed E-state index contributed by atoms with van der Waals surface area (Å²) in [5.74, 6) is -0.504. The van der Waals surface area contributed by atoms with Crippen molar-refractivity contribution >= 4 is 45.9 Å². The van der Waals surface area contributed by atoms with Crippen LogP contribution in [0.1, 0.15) is 81.4 Å². The second-order valence-corrected chi connectivity index (χ2v) is 17.4. The number of carbonyl (C=O) groups excluding carboxylic acids is 1. The normalized spacial score (nSPS) is 18.8. The van der Waals surface area contributed by atoms with Gasteiger partial charge in [0.1, 0.15) is 21.9 Å². The summed E-state index contributed by atoms with van der Waals surface area (Å²) in [4.78, 5) is 34.4. The molecule has 3 fully saturated rings. The summed E-state index contributed by atoms with van der Waals surface area (Å²) in [6.45, 7) is 2.59. The van der Waals surface area contributed by atoms with Crippen molar-refractivity contribution in [3.05, 3.63) is 149 Å². The van der Waals surface area contributed by atoms with E-state index in [1.807, 2.05) is 78.3 Å². The van der Waals surface area contributed by atoms with E-state index in [9.17, 15) is 4.79 Å². The van der Waals surface area contributed by atoms with Gasteiger partial charge in [0.05, 0.1) is 29.2 Å². The maximum Gasteiger partial charge on any atom is 0.311 e. The first-order valence-corrected chi connectivity index (χ1v) is 22.5. The number of aromatic nitrogens is 5. The van der Waals surface area contributed by atoms with Crippen LogP contribution >= 0.6 is 22.9 Å². The number of anilines is 1. The first kappa shape index (κ1) is 40.0. The number of ether oxygens (including phenoxy) is 1. The summed E-state index contributed by atoms with van der Waals surface area (Å²) < 4.78 is 25.2. The average molecular weight is 839 g/mol. The van der Waals surface area contributed by atoms with Crippen LogP contribution in [0.5, 0.6) is 0 Å². The average Bonchev–Trinajstić information content (AvgIpc) is 3.97. The van der Waals surface area contributed by atoms with Crippen molar-refractivity contribution in [3.63, 3.8) is 0 Å². The molecule has 10 rings (SSSR count). The molecule has 0 radical (unpaired) electrons. The van der Waals surface area contributed by atoms with Crippen molar-refractivity contribution < 1.29 is 13.9 Å². The number of hydrogen-bond donors (Lipinski definition) is 1. The first-order chi connectivity index (χ1) is 29.5. The molecule has 3 aromatic carbocycles. The lowest BCUT2D eigenvalue weighted by Gasteiger charge is -2.47. The smallest absolute Gasteiger partial charge is 0.311 e. The molecule has 0 spiro atoms. The SMILES string of the molecule is CCCCCCCOC(=O)[C@H]1C2CCC(CC2)[C@@H]1Nc1nc(-c2cn(C(c3ccccc3)(c3ccccc3)c3ccccc3)c3ncc(Cl)nc23)nc(-c2cccs2)c1F. The zero-order valence-corrected chi connectivity index (χ0v) is 35.2. The number of unbranched alkanes of at least 4 members (excludes halogenated alkanes) is 4. The third kappa shape index (κ3) is 7.49. The van der Waals surface area contributed by atoms with Crippen LogP contribution in [0.25, 0.3) is 33.1 Å². The van der Waals surface area contributed by atoms with Crippen molar-refractivity contribution in [1.29, 1.82) is 0 Å². The van der Waals surface area contributed by atoms with Crippen LogP contribution in [0.2, 0.25) is 5.15 Å². The largest absolute Gasteiger partial charge is 0.465 e. The lowest BCUT2D eigenvalue weighted by atomic mass is 9.61. The number of thiophene rings is 1. The summed E-state index contributed by atoms with van der Waals surface area (Å²) in [7, 11) is 0. The second kappa shape index (κ2) is 17.6. The molecule has 3 aliphatic rings. The van der Waals surface area contributed by atoms with Gasteiger partial charge in [0.2, 0.25) is 0 Å². The van der Waals surface area contributed by atoms with Gasteiger partial charge in [0.15, 0.2) is 23.1 Å². The topological polar surface area (TPSA) is 94.8 Å². The predicted molar refractivity (Wildman–Crippen MR) is 238 cm³/mol. The zero-order valence-electron chi connectivity index (χ0n) is 33.6. The summed E-state index contributed by atoms with van der Waals surface area (Å²) in [5, 5.41) is 5.63. The number of hydrogen-bond acceptors (Lipinski definition) is 8. The highest BCUT2D eigenvalue weighted by molar-refractivity contribution is 7.13. The molecular formula is C49H48ClFN6O2S. The van der Waals surface area contributed by atoms with E-state index in [2.05, 4.69) is 53.2 Å². The third-order valence-corrected chi connectivity index (χ3v) is 13.6. The number of benzene rings is 3. The molecule has 4 aromatic heterocycles. The lowest BCUT2D eigenvalue weighted by Crippen LogP contribution is -2.52. The van der Waals surface area contributed by atoms with Crippen LogP contribution in [-0.4, -0.2) is 43.1 Å². The molecule has 306 valence electrons. The van der Waals surface area contributed by atoms with Crippen molar-refractivity contribution in [1.82, 2.24) is 24.5 Å². The van der Waals surface area contributed by atoms with Gasteiger partial charge >= 0.3 is 5.97 Å². The minimum Gasteiger partial charge on any atom is -0.465 e. The van der Waals surface area contributed by atoms with Crippen LogP contribution in [0.4, 0.5) is 10.2 Å². The van der Waals surface area contributed by atoms with Gasteiger partial charge in [-0.05, 0) is 72.1 Å². The highest BCUT2D eigenvalue weighted by Crippen LogP contribution is 2.48. The molecule has 0 saturated heterocycles. The van der Waals surface area contributed by atoms with E-state index in [1.165, 1.54) is 17.8 Å². The van der Waals surface area contributed by atoms with Crippen molar-refractivity contribution in [2.45, 2.75) is 76.3 Å². The second-order valence-electron chi connectivity index (χ2n) is 16.1. The summed E-state index contributed by atoms with van der Waals surface area (Å²) in [5.41, 5.74) is 3.78. The molecule has 3 aliphatic carbocycles. The number of nitrogens with zero attached hydrogens (tertiary/aromatic N) is 5. The number of nitrogens with one attached hydrogen (secondary N) is 1. The Morgan fingerprint density at radius 2 is 1.47 bits per heavy atom. The molecule has 0 unspecified atom stereocenters. The molecule has 2 bridgehead atoms. The quantitative estimate of drug-likeness (QED) is 0.0624. The molecule has 0 amide bonds. The molecular weight excluding hydrogens is 791 g/mol. The molecule has 11 heteroatoms. The molecule has 2 atom stereocenters. The van der Waals surface area contributed by atoms with Gasteiger partial charge in [-0.3, -0.25) is 4.79 Å². The zero-order chi connectivity index (χ0) is 41.1. The van der Waals surface area contributed by atoms with Gasteiger partial charge < -0.3 is 14.6 Å². The Bertz CT molecular complexity index is 2450. The van der Waals surface area contributed by atoms with Crippen LogP contribution < -0.4 is 5.32 Å². The van der Waals surface area contributed by atoms with Crippen LogP contribution in [-0.2, 0) is 15.1 Å². The monoisotopic (exact) mass is 838 g/mol. The number of fused-ring (bicyclic) bond motifs is 4. The molecule has 60 heavy (non-hydrogen) atoms. The Kier molecular flexibility index (Phi) is 11.8. The summed E-state index contributed by atoms with van der Waals surface area (Å²) in [6.07, 6.45) is 12.7. The maximum absolute atomic E-state index is 17.1. The Balaban J connectivity index is 1.20. The molecule has 3 saturated carbocycles. The minimum absolute atomic E-state index is 0.0506. The highest BCUT2D eigenvalue weighted by atomic mass is 35.5. The molecule has 0 aliphatic heterocycles. The fourth-order valence-corrected chi connectivity index (χ4v) is 10.6. The molecule has 4 heterocycles. The fourth-order valence-electron chi connectivity index (χ4n) is 9.71. The van der Waals surface area contributed by atoms with E-state index in [0.29, 0.717) is 28.2 Å². The third-order valence-electron chi connectivity index (χ3n) is 12.5. The summed E-state index contributed by atoms with van der Waals surface area (Å²) >= 11 is 8.07. The van der Waals surface area contributed by atoms with Gasteiger partial charge in [-0.1, -0.05) is 141 Å². The first-order valence-electron chi connectivity index (χ1n) is 21.2. The molecule has 7 aromatic rings. The Morgan fingerprint density at radius 1 is 0.833 bits per heavy atom. The van der Waals surface area contributed by atoms with Crippen molar-refractivity contribution in [2.24, 2.45) is 17.8 Å². The van der Waals surface area contributed by atoms with E-state index in [0.717, 1.165) is 68.1 Å². The van der Waals surface area contributed by atoms with Crippen LogP contribution in [0.3, 0.4) is 0 Å². The van der Waals surface area contributed by atoms with E-state index in [1.54, 1.807) is 6.20 Å². The summed E-state index contributed by atoms with van der Waals surface area (Å²) in [6, 6.07) is 34.3.